The third kappa shape index (κ3) is 5.70. The Bertz CT molecular complexity index is 1350. The van der Waals surface area contributed by atoms with Gasteiger partial charge in [0.05, 0.1) is 12.6 Å². The van der Waals surface area contributed by atoms with Crippen LogP contribution in [0.15, 0.2) is 79.0 Å². The van der Waals surface area contributed by atoms with Crippen LogP contribution in [-0.4, -0.2) is 26.9 Å². The van der Waals surface area contributed by atoms with Gasteiger partial charge in [-0.25, -0.2) is 4.79 Å². The normalized spacial score (nSPS) is 11.6. The summed E-state index contributed by atoms with van der Waals surface area (Å²) in [6.45, 7) is 1.82. The number of amides is 1. The second-order valence-corrected chi connectivity index (χ2v) is 8.47. The first kappa shape index (κ1) is 24.0. The molecule has 0 saturated carbocycles. The highest BCUT2D eigenvalue weighted by Crippen LogP contribution is 2.31. The standard InChI is InChI=1S/C27H24ClN3O4/c1-17(18-6-4-3-5-7-18)35-27(34)30-26-23(16-29-31(26)2)20-10-8-19(9-11-20)21-12-13-22(15-25(32)33)24(28)14-21/h3-14,16-17H,15H2,1-2H3,(H,30,34)(H,32,33)/t17-/m1/s1. The average Bonchev–Trinajstić information content (AvgIpc) is 3.20. The van der Waals surface area contributed by atoms with Crippen molar-refractivity contribution in [2.75, 3.05) is 5.32 Å². The highest BCUT2D eigenvalue weighted by molar-refractivity contribution is 6.31. The number of nitrogens with one attached hydrogen (secondary N) is 1. The first-order valence-corrected chi connectivity index (χ1v) is 11.3. The van der Waals surface area contributed by atoms with Crippen molar-refractivity contribution in [3.63, 3.8) is 0 Å². The molecule has 35 heavy (non-hydrogen) atoms. The van der Waals surface area contributed by atoms with Gasteiger partial charge in [-0.2, -0.15) is 5.10 Å². The Morgan fingerprint density at radius 3 is 2.34 bits per heavy atom. The van der Waals surface area contributed by atoms with E-state index >= 15 is 0 Å². The van der Waals surface area contributed by atoms with Crippen LogP contribution in [0.4, 0.5) is 10.6 Å². The number of halogens is 1. The number of carbonyl (C=O) groups excluding carboxylic acids is 1. The largest absolute Gasteiger partial charge is 0.481 e. The van der Waals surface area contributed by atoms with Gasteiger partial charge in [0, 0.05) is 17.6 Å². The third-order valence-corrected chi connectivity index (χ3v) is 5.99. The lowest BCUT2D eigenvalue weighted by Gasteiger charge is -2.15. The van der Waals surface area contributed by atoms with Crippen LogP contribution in [0.3, 0.4) is 0 Å². The van der Waals surface area contributed by atoms with Gasteiger partial charge in [-0.3, -0.25) is 14.8 Å². The van der Waals surface area contributed by atoms with Crippen molar-refractivity contribution in [1.29, 1.82) is 0 Å². The van der Waals surface area contributed by atoms with Gasteiger partial charge >= 0.3 is 12.1 Å². The number of ether oxygens (including phenoxy) is 1. The summed E-state index contributed by atoms with van der Waals surface area (Å²) in [7, 11) is 1.74. The predicted molar refractivity (Wildman–Crippen MR) is 135 cm³/mol. The van der Waals surface area contributed by atoms with E-state index in [1.807, 2.05) is 67.6 Å². The Morgan fingerprint density at radius 2 is 1.69 bits per heavy atom. The average molecular weight is 490 g/mol. The van der Waals surface area contributed by atoms with Crippen molar-refractivity contribution < 1.29 is 19.4 Å². The van der Waals surface area contributed by atoms with Crippen molar-refractivity contribution in [1.82, 2.24) is 9.78 Å². The van der Waals surface area contributed by atoms with Crippen LogP contribution in [-0.2, 0) is 23.0 Å². The molecule has 0 bridgehead atoms. The fraction of sp³-hybridized carbons (Fsp3) is 0.148. The molecule has 0 saturated heterocycles. The van der Waals surface area contributed by atoms with Gasteiger partial charge in [0.25, 0.3) is 0 Å². The summed E-state index contributed by atoms with van der Waals surface area (Å²) in [5.74, 6) is -0.410. The molecule has 3 aromatic carbocycles. The summed E-state index contributed by atoms with van der Waals surface area (Å²) in [6.07, 6.45) is 0.587. The number of hydrogen-bond acceptors (Lipinski definition) is 4. The molecular weight excluding hydrogens is 466 g/mol. The molecule has 1 atom stereocenters. The molecule has 4 rings (SSSR count). The third-order valence-electron chi connectivity index (χ3n) is 5.64. The first-order valence-electron chi connectivity index (χ1n) is 11.0. The fourth-order valence-electron chi connectivity index (χ4n) is 3.75. The Kier molecular flexibility index (Phi) is 7.17. The number of aliphatic carboxylic acids is 1. The number of hydrogen-bond donors (Lipinski definition) is 2. The Labute approximate surface area is 207 Å². The molecule has 4 aromatic rings. The summed E-state index contributed by atoms with van der Waals surface area (Å²) in [4.78, 5) is 23.5. The molecule has 1 heterocycles. The molecule has 0 aliphatic carbocycles. The Morgan fingerprint density at radius 1 is 1.03 bits per heavy atom. The van der Waals surface area contributed by atoms with E-state index in [-0.39, 0.29) is 6.42 Å². The molecule has 0 radical (unpaired) electrons. The summed E-state index contributed by atoms with van der Waals surface area (Å²) in [6, 6.07) is 22.6. The minimum Gasteiger partial charge on any atom is -0.481 e. The predicted octanol–water partition coefficient (Wildman–Crippen LogP) is 6.34. The monoisotopic (exact) mass is 489 g/mol. The lowest BCUT2D eigenvalue weighted by atomic mass is 10.00. The number of aryl methyl sites for hydroxylation is 1. The number of nitrogens with zero attached hydrogens (tertiary/aromatic N) is 2. The highest BCUT2D eigenvalue weighted by Gasteiger charge is 2.17. The Hall–Kier alpha value is -4.10. The SMILES string of the molecule is C[C@@H](OC(=O)Nc1c(-c2ccc(-c3ccc(CC(=O)O)c(Cl)c3)cc2)cnn1C)c1ccccc1. The van der Waals surface area contributed by atoms with E-state index < -0.39 is 18.2 Å². The molecule has 2 N–H and O–H groups in total. The number of aromatic nitrogens is 2. The fourth-order valence-corrected chi connectivity index (χ4v) is 4.00. The molecule has 1 amide bonds. The molecule has 0 unspecified atom stereocenters. The van der Waals surface area contributed by atoms with Gasteiger partial charge < -0.3 is 9.84 Å². The zero-order valence-electron chi connectivity index (χ0n) is 19.2. The zero-order valence-corrected chi connectivity index (χ0v) is 20.0. The number of rotatable bonds is 7. The Balaban J connectivity index is 1.50. The number of benzene rings is 3. The van der Waals surface area contributed by atoms with Gasteiger partial charge in [-0.15, -0.1) is 0 Å². The van der Waals surface area contributed by atoms with E-state index in [1.165, 1.54) is 0 Å². The van der Waals surface area contributed by atoms with E-state index in [4.69, 9.17) is 21.4 Å². The van der Waals surface area contributed by atoms with Crippen molar-refractivity contribution in [3.8, 4) is 22.3 Å². The topological polar surface area (TPSA) is 93.4 Å². The van der Waals surface area contributed by atoms with Crippen LogP contribution in [0.1, 0.15) is 24.2 Å². The van der Waals surface area contributed by atoms with Gasteiger partial charge in [0.15, 0.2) is 0 Å². The van der Waals surface area contributed by atoms with Crippen molar-refractivity contribution >= 4 is 29.5 Å². The molecule has 0 fully saturated rings. The molecule has 0 aliphatic heterocycles. The number of carbonyl (C=O) groups is 2. The summed E-state index contributed by atoms with van der Waals surface area (Å²) < 4.78 is 7.12. The van der Waals surface area contributed by atoms with Gasteiger partial charge in [0.1, 0.15) is 11.9 Å². The maximum absolute atomic E-state index is 12.6. The van der Waals surface area contributed by atoms with Gasteiger partial charge in [-0.05, 0) is 40.8 Å². The molecule has 7 nitrogen and oxygen atoms in total. The van der Waals surface area contributed by atoms with E-state index in [1.54, 1.807) is 30.1 Å². The van der Waals surface area contributed by atoms with Crippen LogP contribution in [0.5, 0.6) is 0 Å². The van der Waals surface area contributed by atoms with Crippen LogP contribution < -0.4 is 5.32 Å². The van der Waals surface area contributed by atoms with E-state index in [0.29, 0.717) is 16.4 Å². The van der Waals surface area contributed by atoms with E-state index in [9.17, 15) is 9.59 Å². The summed E-state index contributed by atoms with van der Waals surface area (Å²) in [5, 5.41) is 16.5. The number of anilines is 1. The van der Waals surface area contributed by atoms with E-state index in [0.717, 1.165) is 27.8 Å². The molecule has 1 aromatic heterocycles. The summed E-state index contributed by atoms with van der Waals surface area (Å²) >= 11 is 6.27. The molecule has 8 heteroatoms. The molecule has 0 spiro atoms. The molecular formula is C27H24ClN3O4. The minimum atomic E-state index is -0.928. The lowest BCUT2D eigenvalue weighted by molar-refractivity contribution is -0.136. The van der Waals surface area contributed by atoms with Crippen LogP contribution in [0.2, 0.25) is 5.02 Å². The highest BCUT2D eigenvalue weighted by atomic mass is 35.5. The van der Waals surface area contributed by atoms with Crippen LogP contribution in [0, 0.1) is 0 Å². The van der Waals surface area contributed by atoms with Crippen molar-refractivity contribution in [2.24, 2.45) is 7.05 Å². The quantitative estimate of drug-likeness (QED) is 0.315. The van der Waals surface area contributed by atoms with Gasteiger partial charge in [-0.1, -0.05) is 78.3 Å². The van der Waals surface area contributed by atoms with Crippen LogP contribution >= 0.6 is 11.6 Å². The van der Waals surface area contributed by atoms with Crippen molar-refractivity contribution in [3.05, 3.63) is 95.1 Å². The maximum Gasteiger partial charge on any atom is 0.413 e. The first-order chi connectivity index (χ1) is 16.8. The molecule has 0 aliphatic rings. The van der Waals surface area contributed by atoms with Gasteiger partial charge in [0.2, 0.25) is 0 Å². The number of carboxylic acids is 1. The van der Waals surface area contributed by atoms with E-state index in [2.05, 4.69) is 10.4 Å². The number of carboxylic acid groups (broad SMARTS) is 1. The zero-order chi connectivity index (χ0) is 24.9. The second kappa shape index (κ2) is 10.4. The van der Waals surface area contributed by atoms with Crippen LogP contribution in [0.25, 0.3) is 22.3 Å². The minimum absolute atomic E-state index is 0.124. The molecule has 178 valence electrons. The second-order valence-electron chi connectivity index (χ2n) is 8.07. The lowest BCUT2D eigenvalue weighted by Crippen LogP contribution is -2.18. The smallest absolute Gasteiger partial charge is 0.413 e. The summed E-state index contributed by atoms with van der Waals surface area (Å²) in [5.41, 5.74) is 4.88. The maximum atomic E-state index is 12.6. The van der Waals surface area contributed by atoms with Crippen molar-refractivity contribution in [2.45, 2.75) is 19.4 Å².